The first-order valence-electron chi connectivity index (χ1n) is 6.53. The molecule has 2 rings (SSSR count). The molecule has 0 atom stereocenters. The highest BCUT2D eigenvalue weighted by Crippen LogP contribution is 2.26. The summed E-state index contributed by atoms with van der Waals surface area (Å²) in [5.74, 6) is -0.294. The van der Waals surface area contributed by atoms with Crippen LogP contribution in [0.3, 0.4) is 0 Å². The maximum absolute atomic E-state index is 11.4. The van der Waals surface area contributed by atoms with Gasteiger partial charge in [0.1, 0.15) is 0 Å². The van der Waals surface area contributed by atoms with Gasteiger partial charge in [0.25, 0.3) is 0 Å². The second-order valence-electron chi connectivity index (χ2n) is 5.39. The maximum Gasteiger partial charge on any atom is 0.211 e. The Kier molecular flexibility index (Phi) is 3.84. The van der Waals surface area contributed by atoms with Crippen molar-refractivity contribution in [2.75, 3.05) is 0 Å². The van der Waals surface area contributed by atoms with Gasteiger partial charge in [-0.3, -0.25) is 4.79 Å². The molecule has 0 aliphatic heterocycles. The molecule has 1 radical (unpaired) electrons. The molecule has 0 saturated heterocycles. The van der Waals surface area contributed by atoms with Gasteiger partial charge in [-0.1, -0.05) is 58.7 Å². The second-order valence-corrected chi connectivity index (χ2v) is 5.39. The summed E-state index contributed by atoms with van der Waals surface area (Å²) in [7, 11) is 0. The van der Waals surface area contributed by atoms with Crippen molar-refractivity contribution in [3.8, 4) is 0 Å². The minimum Gasteiger partial charge on any atom is -0.290 e. The lowest BCUT2D eigenvalue weighted by molar-refractivity contribution is 0.549. The Morgan fingerprint density at radius 2 is 1.00 bits per heavy atom. The van der Waals surface area contributed by atoms with Crippen molar-refractivity contribution in [1.29, 1.82) is 0 Å². The molecule has 0 aromatic heterocycles. The largest absolute Gasteiger partial charge is 0.290 e. The van der Waals surface area contributed by atoms with E-state index in [-0.39, 0.29) is 5.92 Å². The summed E-state index contributed by atoms with van der Waals surface area (Å²) in [5, 5.41) is 0. The van der Waals surface area contributed by atoms with Crippen LogP contribution >= 0.6 is 0 Å². The molecule has 97 valence electrons. The lowest BCUT2D eigenvalue weighted by atomic mass is 9.89. The van der Waals surface area contributed by atoms with E-state index in [1.807, 2.05) is 0 Å². The first-order valence-corrected chi connectivity index (χ1v) is 6.53. The van der Waals surface area contributed by atoms with Crippen LogP contribution in [0.1, 0.15) is 39.3 Å². The molecule has 0 N–H and O–H groups in total. The number of benzene rings is 2. The molecule has 0 aliphatic rings. The van der Waals surface area contributed by atoms with Crippen LogP contribution in [0.15, 0.2) is 36.4 Å². The van der Waals surface area contributed by atoms with Gasteiger partial charge in [-0.15, -0.1) is 0 Å². The van der Waals surface area contributed by atoms with E-state index in [0.29, 0.717) is 0 Å². The van der Waals surface area contributed by atoms with Gasteiger partial charge in [0, 0.05) is 0 Å². The molecule has 1 nitrogen and oxygen atoms in total. The van der Waals surface area contributed by atoms with Crippen molar-refractivity contribution in [3.05, 3.63) is 69.8 Å². The molecule has 0 bridgehead atoms. The highest BCUT2D eigenvalue weighted by molar-refractivity contribution is 5.69. The van der Waals surface area contributed by atoms with Crippen molar-refractivity contribution in [2.24, 2.45) is 0 Å². The molecule has 1 heteroatoms. The molecule has 0 fully saturated rings. The number of carbonyl (C=O) groups excluding carboxylic acids is 1. The zero-order valence-electron chi connectivity index (χ0n) is 11.9. The monoisotopic (exact) mass is 251 g/mol. The van der Waals surface area contributed by atoms with Crippen molar-refractivity contribution < 1.29 is 4.79 Å². The van der Waals surface area contributed by atoms with Crippen LogP contribution in [-0.2, 0) is 4.79 Å². The zero-order valence-corrected chi connectivity index (χ0v) is 11.9. The Balaban J connectivity index is 2.52. The number of aryl methyl sites for hydroxylation is 4. The second kappa shape index (κ2) is 5.40. The lowest BCUT2D eigenvalue weighted by Crippen LogP contribution is -2.04. The zero-order chi connectivity index (χ0) is 14.0. The van der Waals surface area contributed by atoms with E-state index in [2.05, 4.69) is 70.4 Å². The van der Waals surface area contributed by atoms with Gasteiger partial charge in [-0.2, -0.15) is 0 Å². The van der Waals surface area contributed by atoms with Crippen LogP contribution in [0.25, 0.3) is 0 Å². The molecule has 0 unspecified atom stereocenters. The van der Waals surface area contributed by atoms with Crippen LogP contribution in [-0.4, -0.2) is 6.29 Å². The third-order valence-electron chi connectivity index (χ3n) is 3.27. The van der Waals surface area contributed by atoms with Crippen LogP contribution in [0.2, 0.25) is 0 Å². The van der Waals surface area contributed by atoms with E-state index in [4.69, 9.17) is 0 Å². The average Bonchev–Trinajstić information content (AvgIpc) is 2.27. The van der Waals surface area contributed by atoms with E-state index in [1.165, 1.54) is 22.3 Å². The van der Waals surface area contributed by atoms with Crippen molar-refractivity contribution in [3.63, 3.8) is 0 Å². The van der Waals surface area contributed by atoms with Gasteiger partial charge < -0.3 is 0 Å². The van der Waals surface area contributed by atoms with Crippen molar-refractivity contribution in [1.82, 2.24) is 0 Å². The summed E-state index contributed by atoms with van der Waals surface area (Å²) in [6, 6.07) is 12.5. The van der Waals surface area contributed by atoms with Crippen LogP contribution < -0.4 is 0 Å². The van der Waals surface area contributed by atoms with Gasteiger partial charge in [0.05, 0.1) is 5.92 Å². The smallest absolute Gasteiger partial charge is 0.211 e. The molecule has 2 aromatic rings. The van der Waals surface area contributed by atoms with Gasteiger partial charge in [0.15, 0.2) is 0 Å². The minimum absolute atomic E-state index is 0.294. The summed E-state index contributed by atoms with van der Waals surface area (Å²) >= 11 is 0. The van der Waals surface area contributed by atoms with Gasteiger partial charge in [-0.05, 0) is 38.8 Å². The van der Waals surface area contributed by atoms with E-state index >= 15 is 0 Å². The molecule has 2 aromatic carbocycles. The van der Waals surface area contributed by atoms with Crippen molar-refractivity contribution in [2.45, 2.75) is 33.6 Å². The maximum atomic E-state index is 11.4. The number of hydrogen-bond acceptors (Lipinski definition) is 1. The number of rotatable bonds is 3. The summed E-state index contributed by atoms with van der Waals surface area (Å²) in [5.41, 5.74) is 6.77. The molecule has 0 spiro atoms. The fourth-order valence-corrected chi connectivity index (χ4v) is 2.68. The Bertz CT molecular complexity index is 519. The van der Waals surface area contributed by atoms with E-state index in [9.17, 15) is 4.79 Å². The Morgan fingerprint density at radius 1 is 0.684 bits per heavy atom. The fourth-order valence-electron chi connectivity index (χ4n) is 2.68. The topological polar surface area (TPSA) is 17.1 Å². The molecule has 0 saturated carbocycles. The predicted octanol–water partition coefficient (Wildman–Crippen LogP) is 4.16. The molecular weight excluding hydrogens is 232 g/mol. The molecular formula is C18H19O. The van der Waals surface area contributed by atoms with Gasteiger partial charge in [-0.25, -0.2) is 0 Å². The number of hydrogen-bond donors (Lipinski definition) is 0. The van der Waals surface area contributed by atoms with Gasteiger partial charge in [0.2, 0.25) is 6.29 Å². The van der Waals surface area contributed by atoms with E-state index < -0.39 is 0 Å². The van der Waals surface area contributed by atoms with E-state index in [1.54, 1.807) is 0 Å². The molecule has 0 amide bonds. The first kappa shape index (κ1) is 13.5. The summed E-state index contributed by atoms with van der Waals surface area (Å²) in [4.78, 5) is 11.4. The minimum atomic E-state index is -0.294. The van der Waals surface area contributed by atoms with Gasteiger partial charge >= 0.3 is 0 Å². The van der Waals surface area contributed by atoms with E-state index in [0.717, 1.165) is 11.1 Å². The molecule has 19 heavy (non-hydrogen) atoms. The normalized spacial score (nSPS) is 10.8. The third-order valence-corrected chi connectivity index (χ3v) is 3.27. The third kappa shape index (κ3) is 3.11. The van der Waals surface area contributed by atoms with Crippen LogP contribution in [0.4, 0.5) is 0 Å². The van der Waals surface area contributed by atoms with Crippen LogP contribution in [0.5, 0.6) is 0 Å². The Morgan fingerprint density at radius 3 is 1.26 bits per heavy atom. The average molecular weight is 251 g/mol. The molecule has 0 aliphatic carbocycles. The molecule has 0 heterocycles. The Hall–Kier alpha value is -1.89. The highest BCUT2D eigenvalue weighted by atomic mass is 16.1. The lowest BCUT2D eigenvalue weighted by Gasteiger charge is -2.14. The summed E-state index contributed by atoms with van der Waals surface area (Å²) in [6.07, 6.45) is 2.19. The first-order chi connectivity index (χ1) is 8.99. The highest BCUT2D eigenvalue weighted by Gasteiger charge is 2.15. The Labute approximate surface area is 115 Å². The fraction of sp³-hybridized carbons (Fsp3) is 0.278. The summed E-state index contributed by atoms with van der Waals surface area (Å²) < 4.78 is 0. The van der Waals surface area contributed by atoms with Crippen molar-refractivity contribution >= 4 is 6.29 Å². The van der Waals surface area contributed by atoms with Crippen LogP contribution in [0, 0.1) is 27.7 Å². The standard InChI is InChI=1S/C18H19O/c1-12-5-13(2)8-16(7-12)18(11-19)17-9-14(3)6-15(4)10-17/h5-10,18H,1-4H3. The summed E-state index contributed by atoms with van der Waals surface area (Å²) in [6.45, 7) is 8.22. The quantitative estimate of drug-likeness (QED) is 0.800. The predicted molar refractivity (Wildman–Crippen MR) is 79.4 cm³/mol. The SMILES string of the molecule is Cc1cc(C)cc(C([C]=O)c2cc(C)cc(C)c2)c1.